The van der Waals surface area contributed by atoms with Gasteiger partial charge in [-0.1, -0.05) is 20.8 Å². The zero-order valence-corrected chi connectivity index (χ0v) is 12.8. The monoisotopic (exact) mass is 282 g/mol. The minimum atomic E-state index is -0.697. The summed E-state index contributed by atoms with van der Waals surface area (Å²) in [6.45, 7) is 6.98. The van der Waals surface area contributed by atoms with Gasteiger partial charge in [0, 0.05) is 19.6 Å². The van der Waals surface area contributed by atoms with Gasteiger partial charge in [0.2, 0.25) is 5.91 Å². The molecular formula is C15H26N2O3. The van der Waals surface area contributed by atoms with Crippen LogP contribution >= 0.6 is 0 Å². The van der Waals surface area contributed by atoms with E-state index in [1.807, 2.05) is 20.9 Å². The Balaban J connectivity index is 2.05. The predicted octanol–water partition coefficient (Wildman–Crippen LogP) is 1.33. The molecule has 1 saturated carbocycles. The maximum absolute atomic E-state index is 12.0. The van der Waals surface area contributed by atoms with Crippen LogP contribution in [0.1, 0.15) is 40.0 Å². The van der Waals surface area contributed by atoms with Crippen molar-refractivity contribution in [3.63, 3.8) is 0 Å². The lowest BCUT2D eigenvalue weighted by atomic mass is 9.61. The van der Waals surface area contributed by atoms with Crippen LogP contribution in [-0.2, 0) is 9.59 Å². The summed E-state index contributed by atoms with van der Waals surface area (Å²) in [4.78, 5) is 25.1. The second kappa shape index (κ2) is 5.35. The summed E-state index contributed by atoms with van der Waals surface area (Å²) in [5.74, 6) is -0.596. The molecule has 0 aromatic rings. The molecule has 20 heavy (non-hydrogen) atoms. The smallest absolute Gasteiger partial charge is 0.307 e. The molecule has 0 aromatic carbocycles. The van der Waals surface area contributed by atoms with Gasteiger partial charge in [-0.25, -0.2) is 0 Å². The van der Waals surface area contributed by atoms with Crippen LogP contribution < -0.4 is 5.32 Å². The summed E-state index contributed by atoms with van der Waals surface area (Å²) >= 11 is 0. The number of carbonyl (C=O) groups excluding carboxylic acids is 1. The van der Waals surface area contributed by atoms with Crippen molar-refractivity contribution in [2.24, 2.45) is 17.3 Å². The zero-order chi connectivity index (χ0) is 15.1. The Morgan fingerprint density at radius 1 is 1.35 bits per heavy atom. The van der Waals surface area contributed by atoms with E-state index in [2.05, 4.69) is 12.2 Å². The first-order valence-electron chi connectivity index (χ1n) is 7.49. The quantitative estimate of drug-likeness (QED) is 0.819. The van der Waals surface area contributed by atoms with Crippen LogP contribution in [0.15, 0.2) is 0 Å². The van der Waals surface area contributed by atoms with E-state index in [-0.39, 0.29) is 35.2 Å². The molecule has 2 N–H and O–H groups in total. The molecule has 1 aliphatic heterocycles. The number of amides is 1. The van der Waals surface area contributed by atoms with Crippen molar-refractivity contribution in [3.8, 4) is 0 Å². The fourth-order valence-corrected chi connectivity index (χ4v) is 3.71. The molecule has 0 spiro atoms. The van der Waals surface area contributed by atoms with Crippen LogP contribution in [0.4, 0.5) is 0 Å². The van der Waals surface area contributed by atoms with Gasteiger partial charge in [0.25, 0.3) is 0 Å². The average molecular weight is 282 g/mol. The highest BCUT2D eigenvalue weighted by molar-refractivity contribution is 5.83. The molecule has 1 aliphatic carbocycles. The summed E-state index contributed by atoms with van der Waals surface area (Å²) in [5.41, 5.74) is -0.255. The number of rotatable bonds is 3. The number of aliphatic carboxylic acids is 1. The first-order chi connectivity index (χ1) is 9.25. The van der Waals surface area contributed by atoms with E-state index >= 15 is 0 Å². The van der Waals surface area contributed by atoms with Crippen molar-refractivity contribution in [3.05, 3.63) is 0 Å². The van der Waals surface area contributed by atoms with Gasteiger partial charge in [-0.05, 0) is 30.6 Å². The number of hydrogen-bond acceptors (Lipinski definition) is 3. The molecule has 1 amide bonds. The van der Waals surface area contributed by atoms with Crippen molar-refractivity contribution >= 4 is 11.9 Å². The Morgan fingerprint density at radius 3 is 2.50 bits per heavy atom. The largest absolute Gasteiger partial charge is 0.481 e. The third-order valence-corrected chi connectivity index (χ3v) is 5.58. The van der Waals surface area contributed by atoms with Crippen LogP contribution in [0, 0.1) is 17.3 Å². The van der Waals surface area contributed by atoms with E-state index in [1.54, 1.807) is 4.90 Å². The Kier molecular flexibility index (Phi) is 4.09. The van der Waals surface area contributed by atoms with Crippen LogP contribution in [0.3, 0.4) is 0 Å². The lowest BCUT2D eigenvalue weighted by Crippen LogP contribution is -2.54. The number of hydrogen-bond donors (Lipinski definition) is 2. The highest BCUT2D eigenvalue weighted by atomic mass is 16.4. The second-order valence-electron chi connectivity index (χ2n) is 6.95. The third kappa shape index (κ3) is 2.55. The van der Waals surface area contributed by atoms with E-state index in [0.717, 1.165) is 19.4 Å². The molecule has 0 bridgehead atoms. The number of nitrogens with one attached hydrogen (secondary N) is 1. The van der Waals surface area contributed by atoms with Crippen LogP contribution in [-0.4, -0.2) is 47.6 Å². The molecular weight excluding hydrogens is 256 g/mol. The number of carboxylic acids is 1. The molecule has 4 atom stereocenters. The zero-order valence-electron chi connectivity index (χ0n) is 12.8. The van der Waals surface area contributed by atoms with Gasteiger partial charge in [-0.15, -0.1) is 0 Å². The fourth-order valence-electron chi connectivity index (χ4n) is 3.71. The minimum absolute atomic E-state index is 0.0929. The topological polar surface area (TPSA) is 69.6 Å². The summed E-state index contributed by atoms with van der Waals surface area (Å²) in [6.07, 6.45) is 2.36. The van der Waals surface area contributed by atoms with Crippen LogP contribution in [0.25, 0.3) is 0 Å². The molecule has 4 unspecified atom stereocenters. The molecule has 2 aliphatic rings. The van der Waals surface area contributed by atoms with Gasteiger partial charge in [0.05, 0.1) is 12.0 Å². The molecule has 2 rings (SSSR count). The minimum Gasteiger partial charge on any atom is -0.481 e. The summed E-state index contributed by atoms with van der Waals surface area (Å²) < 4.78 is 0. The highest BCUT2D eigenvalue weighted by Crippen LogP contribution is 2.45. The lowest BCUT2D eigenvalue weighted by molar-refractivity contribution is -0.150. The average Bonchev–Trinajstić information content (AvgIpc) is 2.66. The van der Waals surface area contributed by atoms with E-state index < -0.39 is 5.97 Å². The highest BCUT2D eigenvalue weighted by Gasteiger charge is 2.47. The van der Waals surface area contributed by atoms with E-state index in [1.165, 1.54) is 0 Å². The van der Waals surface area contributed by atoms with Crippen molar-refractivity contribution < 1.29 is 14.7 Å². The molecule has 1 heterocycles. The number of likely N-dealkylation sites (N-methyl/N-ethyl adjacent to an activating group) is 1. The molecule has 114 valence electrons. The van der Waals surface area contributed by atoms with Crippen LogP contribution in [0.5, 0.6) is 0 Å². The number of carbonyl (C=O) groups is 2. The number of carboxylic acid groups (broad SMARTS) is 1. The Hall–Kier alpha value is -1.10. The summed E-state index contributed by atoms with van der Waals surface area (Å²) in [6, 6.07) is 0.130. The normalized spacial score (nSPS) is 37.2. The van der Waals surface area contributed by atoms with Crippen molar-refractivity contribution in [1.29, 1.82) is 0 Å². The van der Waals surface area contributed by atoms with Gasteiger partial charge in [0.15, 0.2) is 0 Å². The van der Waals surface area contributed by atoms with Crippen molar-refractivity contribution in [2.75, 3.05) is 13.6 Å². The second-order valence-corrected chi connectivity index (χ2v) is 6.95. The fraction of sp³-hybridized carbons (Fsp3) is 0.867. The first-order valence-corrected chi connectivity index (χ1v) is 7.49. The maximum atomic E-state index is 12.0. The number of likely N-dealkylation sites (tertiary alicyclic amines) is 1. The standard InChI is InChI=1S/C15H26N2O3/c1-9-11(16-12-7-8-17(4)13(12)18)6-5-10(14(19)20)15(9,2)3/h9-12,16H,5-8H2,1-4H3,(H,19,20). The van der Waals surface area contributed by atoms with Gasteiger partial charge in [-0.2, -0.15) is 0 Å². The van der Waals surface area contributed by atoms with E-state index in [9.17, 15) is 14.7 Å². The van der Waals surface area contributed by atoms with Crippen molar-refractivity contribution in [1.82, 2.24) is 10.2 Å². The molecule has 1 saturated heterocycles. The van der Waals surface area contributed by atoms with Gasteiger partial charge < -0.3 is 15.3 Å². The Morgan fingerprint density at radius 2 is 2.00 bits per heavy atom. The molecule has 2 fully saturated rings. The number of nitrogens with zero attached hydrogens (tertiary/aromatic N) is 1. The van der Waals surface area contributed by atoms with Gasteiger partial charge >= 0.3 is 5.97 Å². The lowest BCUT2D eigenvalue weighted by Gasteiger charge is -2.47. The Labute approximate surface area is 120 Å². The summed E-state index contributed by atoms with van der Waals surface area (Å²) in [5, 5.41) is 12.8. The maximum Gasteiger partial charge on any atom is 0.307 e. The Bertz CT molecular complexity index is 408. The predicted molar refractivity (Wildman–Crippen MR) is 76.3 cm³/mol. The molecule has 0 aromatic heterocycles. The molecule has 0 radical (unpaired) electrons. The van der Waals surface area contributed by atoms with Crippen LogP contribution in [0.2, 0.25) is 0 Å². The van der Waals surface area contributed by atoms with Gasteiger partial charge in [-0.3, -0.25) is 9.59 Å². The summed E-state index contributed by atoms with van der Waals surface area (Å²) in [7, 11) is 1.83. The van der Waals surface area contributed by atoms with Crippen molar-refractivity contribution in [2.45, 2.75) is 52.1 Å². The SMILES string of the molecule is CC1C(NC2CCN(C)C2=O)CCC(C(=O)O)C1(C)C. The molecule has 5 heteroatoms. The van der Waals surface area contributed by atoms with E-state index in [4.69, 9.17) is 0 Å². The molecule has 5 nitrogen and oxygen atoms in total. The van der Waals surface area contributed by atoms with E-state index in [0.29, 0.717) is 6.42 Å². The van der Waals surface area contributed by atoms with Gasteiger partial charge in [0.1, 0.15) is 0 Å². The first kappa shape index (κ1) is 15.3. The third-order valence-electron chi connectivity index (χ3n) is 5.58.